The molecule has 1 aromatic carbocycles. The topological polar surface area (TPSA) is 90.9 Å². The largest absolute Gasteiger partial charge is 0.487 e. The van der Waals surface area contributed by atoms with Crippen molar-refractivity contribution in [3.8, 4) is 28.6 Å². The second-order valence-electron chi connectivity index (χ2n) is 6.54. The summed E-state index contributed by atoms with van der Waals surface area (Å²) in [6, 6.07) is 8.08. The summed E-state index contributed by atoms with van der Waals surface area (Å²) in [5, 5.41) is 11.1. The fourth-order valence-electron chi connectivity index (χ4n) is 2.83. The molecule has 0 fully saturated rings. The third kappa shape index (κ3) is 4.34. The highest BCUT2D eigenvalue weighted by Gasteiger charge is 2.30. The van der Waals surface area contributed by atoms with E-state index in [-0.39, 0.29) is 12.5 Å². The molecule has 0 saturated carbocycles. The van der Waals surface area contributed by atoms with Crippen LogP contribution in [0.25, 0.3) is 22.8 Å². The second-order valence-corrected chi connectivity index (χ2v) is 6.54. The van der Waals surface area contributed by atoms with E-state index >= 15 is 0 Å². The van der Waals surface area contributed by atoms with E-state index in [9.17, 15) is 13.2 Å². The predicted molar refractivity (Wildman–Crippen MR) is 105 cm³/mol. The Morgan fingerprint density at radius 3 is 2.52 bits per heavy atom. The van der Waals surface area contributed by atoms with Gasteiger partial charge in [0, 0.05) is 25.9 Å². The molecule has 4 rings (SSSR count). The first-order chi connectivity index (χ1) is 14.8. The summed E-state index contributed by atoms with van der Waals surface area (Å²) in [7, 11) is 3.48. The molecule has 4 aromatic rings. The molecule has 3 heterocycles. The van der Waals surface area contributed by atoms with Crippen LogP contribution in [0.3, 0.4) is 0 Å². The molecule has 0 aliphatic rings. The number of aromatic nitrogens is 5. The fourth-order valence-corrected chi connectivity index (χ4v) is 2.83. The number of hydrogen-bond acceptors (Lipinski definition) is 7. The first-order valence-corrected chi connectivity index (χ1v) is 9.14. The number of pyridine rings is 1. The second kappa shape index (κ2) is 8.09. The van der Waals surface area contributed by atoms with Crippen LogP contribution in [0, 0.1) is 0 Å². The van der Waals surface area contributed by atoms with E-state index in [1.807, 2.05) is 6.07 Å². The summed E-state index contributed by atoms with van der Waals surface area (Å²) in [6.45, 7) is 0.0489. The van der Waals surface area contributed by atoms with Gasteiger partial charge >= 0.3 is 6.18 Å². The number of nitrogens with zero attached hydrogens (tertiary/aromatic N) is 5. The summed E-state index contributed by atoms with van der Waals surface area (Å²) >= 11 is 0. The Balaban J connectivity index is 1.52. The number of alkyl halides is 3. The van der Waals surface area contributed by atoms with Crippen LogP contribution >= 0.6 is 0 Å². The normalized spacial score (nSPS) is 11.5. The monoisotopic (exact) mass is 430 g/mol. The zero-order valence-corrected chi connectivity index (χ0v) is 16.5. The van der Waals surface area contributed by atoms with Gasteiger partial charge in [-0.1, -0.05) is 5.16 Å². The van der Waals surface area contributed by atoms with E-state index in [1.54, 1.807) is 37.2 Å². The molecule has 0 amide bonds. The van der Waals surface area contributed by atoms with Crippen LogP contribution in [-0.2, 0) is 19.8 Å². The van der Waals surface area contributed by atoms with Gasteiger partial charge in [0.15, 0.2) is 0 Å². The maximum Gasteiger partial charge on any atom is 0.416 e. The molecular formula is C20H17F3N6O2. The highest BCUT2D eigenvalue weighted by atomic mass is 19.4. The van der Waals surface area contributed by atoms with Crippen LogP contribution in [0.5, 0.6) is 5.75 Å². The number of rotatable bonds is 6. The van der Waals surface area contributed by atoms with Gasteiger partial charge in [0.25, 0.3) is 5.89 Å². The van der Waals surface area contributed by atoms with E-state index in [2.05, 4.69) is 25.5 Å². The lowest BCUT2D eigenvalue weighted by Crippen LogP contribution is -2.06. The quantitative estimate of drug-likeness (QED) is 0.491. The van der Waals surface area contributed by atoms with Crippen LogP contribution in [-0.4, -0.2) is 32.0 Å². The molecular weight excluding hydrogens is 413 g/mol. The molecule has 160 valence electrons. The third-order valence-corrected chi connectivity index (χ3v) is 4.55. The van der Waals surface area contributed by atoms with Crippen LogP contribution < -0.4 is 10.1 Å². The van der Waals surface area contributed by atoms with E-state index in [0.29, 0.717) is 34.2 Å². The van der Waals surface area contributed by atoms with Crippen LogP contribution in [0.1, 0.15) is 11.3 Å². The van der Waals surface area contributed by atoms with Gasteiger partial charge < -0.3 is 14.6 Å². The Bertz CT molecular complexity index is 1170. The maximum absolute atomic E-state index is 12.7. The number of halogens is 3. The van der Waals surface area contributed by atoms with Crippen molar-refractivity contribution in [2.24, 2.45) is 7.05 Å². The van der Waals surface area contributed by atoms with Crippen molar-refractivity contribution in [3.63, 3.8) is 0 Å². The zero-order chi connectivity index (χ0) is 22.0. The van der Waals surface area contributed by atoms with Gasteiger partial charge in [-0.15, -0.1) is 0 Å². The van der Waals surface area contributed by atoms with Crippen molar-refractivity contribution in [2.45, 2.75) is 12.8 Å². The summed E-state index contributed by atoms with van der Waals surface area (Å²) < 4.78 is 50.7. The average molecular weight is 430 g/mol. The van der Waals surface area contributed by atoms with E-state index in [0.717, 1.165) is 12.1 Å². The number of anilines is 1. The minimum atomic E-state index is -4.40. The van der Waals surface area contributed by atoms with Gasteiger partial charge in [-0.3, -0.25) is 4.68 Å². The minimum Gasteiger partial charge on any atom is -0.487 e. The van der Waals surface area contributed by atoms with E-state index in [1.165, 1.54) is 12.1 Å². The molecule has 8 nitrogen and oxygen atoms in total. The van der Waals surface area contributed by atoms with Gasteiger partial charge in [0.05, 0.1) is 23.0 Å². The highest BCUT2D eigenvalue weighted by molar-refractivity contribution is 5.61. The molecule has 1 N–H and O–H groups in total. The van der Waals surface area contributed by atoms with Crippen LogP contribution in [0.4, 0.5) is 19.0 Å². The molecule has 3 aromatic heterocycles. The van der Waals surface area contributed by atoms with Gasteiger partial charge in [-0.2, -0.15) is 23.3 Å². The van der Waals surface area contributed by atoms with Gasteiger partial charge in [-0.25, -0.2) is 4.98 Å². The van der Waals surface area contributed by atoms with Crippen molar-refractivity contribution < 1.29 is 22.4 Å². The number of ether oxygens (including phenoxy) is 1. The number of nitrogens with one attached hydrogen (secondary N) is 1. The van der Waals surface area contributed by atoms with Gasteiger partial charge in [0.2, 0.25) is 5.82 Å². The summed E-state index contributed by atoms with van der Waals surface area (Å²) in [6.07, 6.45) is -1.21. The van der Waals surface area contributed by atoms with Crippen LogP contribution in [0.2, 0.25) is 0 Å². The first-order valence-electron chi connectivity index (χ1n) is 9.14. The van der Waals surface area contributed by atoms with E-state index in [4.69, 9.17) is 9.26 Å². The molecule has 0 aliphatic heterocycles. The Kier molecular flexibility index (Phi) is 5.32. The Labute approximate surface area is 174 Å². The molecule has 0 unspecified atom stereocenters. The molecule has 0 atom stereocenters. The lowest BCUT2D eigenvalue weighted by molar-refractivity contribution is -0.137. The predicted octanol–water partition coefficient (Wildman–Crippen LogP) is 4.17. The molecule has 0 radical (unpaired) electrons. The molecule has 0 saturated heterocycles. The zero-order valence-electron chi connectivity index (χ0n) is 16.5. The summed E-state index contributed by atoms with van der Waals surface area (Å²) in [5.74, 6) is 1.61. The molecule has 0 bridgehead atoms. The lowest BCUT2D eigenvalue weighted by Gasteiger charge is -2.10. The first kappa shape index (κ1) is 20.4. The highest BCUT2D eigenvalue weighted by Crippen LogP contribution is 2.31. The third-order valence-electron chi connectivity index (χ3n) is 4.55. The minimum absolute atomic E-state index is 0.0489. The molecule has 31 heavy (non-hydrogen) atoms. The number of benzene rings is 1. The summed E-state index contributed by atoms with van der Waals surface area (Å²) in [5.41, 5.74) is 1.13. The van der Waals surface area contributed by atoms with E-state index < -0.39 is 11.7 Å². The van der Waals surface area contributed by atoms with Crippen molar-refractivity contribution >= 4 is 5.82 Å². The maximum atomic E-state index is 12.7. The van der Waals surface area contributed by atoms with Gasteiger partial charge in [-0.05, 0) is 36.4 Å². The standard InChI is InChI=1S/C20H17F3N6O2/c1-24-17-8-3-12(9-25-17)18-27-19(31-28-18)15-10-26-29(2)16(15)11-30-14-6-4-13(5-7-14)20(21,22)23/h3-10H,11H2,1-2H3,(H,24,25). The average Bonchev–Trinajstić information content (AvgIpc) is 3.39. The van der Waals surface area contributed by atoms with Crippen molar-refractivity contribution in [1.29, 1.82) is 0 Å². The Morgan fingerprint density at radius 1 is 1.10 bits per heavy atom. The Hall–Kier alpha value is -3.89. The summed E-state index contributed by atoms with van der Waals surface area (Å²) in [4.78, 5) is 8.62. The van der Waals surface area contributed by atoms with Crippen molar-refractivity contribution in [3.05, 3.63) is 60.0 Å². The smallest absolute Gasteiger partial charge is 0.416 e. The van der Waals surface area contributed by atoms with Crippen molar-refractivity contribution in [2.75, 3.05) is 12.4 Å². The number of aryl methyl sites for hydroxylation is 1. The van der Waals surface area contributed by atoms with Crippen molar-refractivity contribution in [1.82, 2.24) is 24.9 Å². The molecule has 0 spiro atoms. The lowest BCUT2D eigenvalue weighted by atomic mass is 10.2. The molecule has 11 heteroatoms. The number of hydrogen-bond donors (Lipinski definition) is 1. The van der Waals surface area contributed by atoms with Crippen LogP contribution in [0.15, 0.2) is 53.3 Å². The fraction of sp³-hybridized carbons (Fsp3) is 0.200. The Morgan fingerprint density at radius 2 is 1.87 bits per heavy atom. The SMILES string of the molecule is CNc1ccc(-c2noc(-c3cnn(C)c3COc3ccc(C(F)(F)F)cc3)n2)cn1. The molecule has 0 aliphatic carbocycles. The van der Waals surface area contributed by atoms with Gasteiger partial charge in [0.1, 0.15) is 18.2 Å².